The van der Waals surface area contributed by atoms with Crippen LogP contribution in [-0.2, 0) is 13.0 Å². The van der Waals surface area contributed by atoms with Gasteiger partial charge in [0.1, 0.15) is 0 Å². The van der Waals surface area contributed by atoms with E-state index in [4.69, 9.17) is 20.9 Å². The van der Waals surface area contributed by atoms with Gasteiger partial charge in [-0.1, -0.05) is 30.3 Å². The van der Waals surface area contributed by atoms with Crippen LogP contribution in [0.15, 0.2) is 58.8 Å². The van der Waals surface area contributed by atoms with Crippen LogP contribution >= 0.6 is 11.8 Å². The van der Waals surface area contributed by atoms with E-state index in [2.05, 4.69) is 27.1 Å². The lowest BCUT2D eigenvalue weighted by molar-refractivity contribution is 0.174. The zero-order valence-corrected chi connectivity index (χ0v) is 16.2. The van der Waals surface area contributed by atoms with Gasteiger partial charge in [-0.05, 0) is 23.7 Å². The van der Waals surface area contributed by atoms with E-state index in [-0.39, 0.29) is 6.79 Å². The van der Waals surface area contributed by atoms with Crippen molar-refractivity contribution in [3.05, 3.63) is 54.4 Å². The van der Waals surface area contributed by atoms with Crippen LogP contribution in [0.25, 0.3) is 11.5 Å². The third-order valence-corrected chi connectivity index (χ3v) is 5.60. The van der Waals surface area contributed by atoms with Gasteiger partial charge in [0.05, 0.1) is 6.33 Å². The van der Waals surface area contributed by atoms with Crippen molar-refractivity contribution in [3.8, 4) is 23.0 Å². The summed E-state index contributed by atoms with van der Waals surface area (Å²) in [6.45, 7) is 0.923. The Hall–Kier alpha value is -3.46. The molecule has 9 heteroatoms. The Labute approximate surface area is 171 Å². The summed E-state index contributed by atoms with van der Waals surface area (Å²) >= 11 is 1.36. The lowest BCUT2D eigenvalue weighted by Gasteiger charge is -2.11. The summed E-state index contributed by atoms with van der Waals surface area (Å²) in [6, 6.07) is 13.9. The van der Waals surface area contributed by atoms with E-state index in [1.807, 2.05) is 28.8 Å². The summed E-state index contributed by atoms with van der Waals surface area (Å²) in [4.78, 5) is 14.3. The van der Waals surface area contributed by atoms with Crippen LogP contribution in [-0.4, -0.2) is 26.3 Å². The van der Waals surface area contributed by atoms with Crippen LogP contribution in [0.4, 0.5) is 11.5 Å². The fourth-order valence-electron chi connectivity index (χ4n) is 3.16. The first-order valence-corrected chi connectivity index (χ1v) is 9.88. The lowest BCUT2D eigenvalue weighted by atomic mass is 10.1. The van der Waals surface area contributed by atoms with Gasteiger partial charge < -0.3 is 25.5 Å². The van der Waals surface area contributed by atoms with Gasteiger partial charge >= 0.3 is 0 Å². The Morgan fingerprint density at radius 3 is 2.66 bits per heavy atom. The van der Waals surface area contributed by atoms with E-state index < -0.39 is 0 Å². The smallest absolute Gasteiger partial charge is 0.231 e. The van der Waals surface area contributed by atoms with Crippen molar-refractivity contribution in [1.82, 2.24) is 19.5 Å². The fourth-order valence-corrected chi connectivity index (χ4v) is 3.97. The predicted octanol–water partition coefficient (Wildman–Crippen LogP) is 3.06. The minimum Gasteiger partial charge on any atom is -0.454 e. The van der Waals surface area contributed by atoms with Gasteiger partial charge in [-0.2, -0.15) is 0 Å². The summed E-state index contributed by atoms with van der Waals surface area (Å²) in [5.74, 6) is 2.37. The van der Waals surface area contributed by atoms with Gasteiger partial charge in [-0.15, -0.1) is 0 Å². The van der Waals surface area contributed by atoms with Crippen molar-refractivity contribution in [2.75, 3.05) is 18.3 Å². The molecule has 0 unspecified atom stereocenters. The second-order valence-electron chi connectivity index (χ2n) is 6.58. The molecule has 0 bridgehead atoms. The summed E-state index contributed by atoms with van der Waals surface area (Å²) in [5.41, 5.74) is 14.6. The standard InChI is InChI=1S/C20H18N6O2S/c21-13-8-14-15(28-11-27-14)9-16(13)29-20-24-17-18(22)23-10-26(19(17)25-20)7-6-12-4-2-1-3-5-12/h1-5,8-10H,6-7,11,21-22H2. The molecule has 0 fully saturated rings. The number of hydrogen-bond acceptors (Lipinski definition) is 8. The van der Waals surface area contributed by atoms with Gasteiger partial charge in [0.15, 0.2) is 34.0 Å². The minimum atomic E-state index is 0.198. The molecule has 8 nitrogen and oxygen atoms in total. The van der Waals surface area contributed by atoms with Crippen molar-refractivity contribution in [1.29, 1.82) is 0 Å². The average Bonchev–Trinajstić information content (AvgIpc) is 3.36. The minimum absolute atomic E-state index is 0.198. The van der Waals surface area contributed by atoms with Crippen LogP contribution < -0.4 is 20.9 Å². The summed E-state index contributed by atoms with van der Waals surface area (Å²) < 4.78 is 12.8. The van der Waals surface area contributed by atoms with Crippen LogP contribution in [0.2, 0.25) is 0 Å². The van der Waals surface area contributed by atoms with Crippen molar-refractivity contribution in [2.45, 2.75) is 23.0 Å². The number of nitrogens with zero attached hydrogens (tertiary/aromatic N) is 4. The highest BCUT2D eigenvalue weighted by molar-refractivity contribution is 7.99. The molecule has 4 N–H and O–H groups in total. The summed E-state index contributed by atoms with van der Waals surface area (Å²) in [6.07, 6.45) is 2.56. The quantitative estimate of drug-likeness (QED) is 0.486. The van der Waals surface area contributed by atoms with Crippen molar-refractivity contribution in [2.24, 2.45) is 0 Å². The van der Waals surface area contributed by atoms with Crippen molar-refractivity contribution < 1.29 is 9.47 Å². The number of fused-ring (bicyclic) bond motifs is 2. The van der Waals surface area contributed by atoms with Gasteiger partial charge in [0.2, 0.25) is 6.79 Å². The Bertz CT molecular complexity index is 1150. The molecule has 2 aromatic rings. The van der Waals surface area contributed by atoms with Crippen LogP contribution in [0.1, 0.15) is 5.56 Å². The first kappa shape index (κ1) is 17.6. The number of aromatic nitrogens is 4. The van der Waals surface area contributed by atoms with E-state index in [1.165, 1.54) is 17.3 Å². The Morgan fingerprint density at radius 1 is 1.03 bits per heavy atom. The molecule has 146 valence electrons. The SMILES string of the molecule is Nc1cc2c(cc1Sc1nc3c(N)ncn(CCc4ccccc4)c-3n1)OCO2. The molecule has 0 spiro atoms. The molecule has 3 aliphatic heterocycles. The van der Waals surface area contributed by atoms with Crippen LogP contribution in [0.3, 0.4) is 0 Å². The predicted molar refractivity (Wildman–Crippen MR) is 110 cm³/mol. The highest BCUT2D eigenvalue weighted by atomic mass is 32.2. The molecule has 5 rings (SSSR count). The van der Waals surface area contributed by atoms with E-state index in [1.54, 1.807) is 12.4 Å². The molecular formula is C20H18N6O2S. The lowest BCUT2D eigenvalue weighted by Crippen LogP contribution is -2.09. The van der Waals surface area contributed by atoms with Crippen molar-refractivity contribution >= 4 is 23.3 Å². The molecule has 0 saturated heterocycles. The van der Waals surface area contributed by atoms with Gasteiger partial charge in [-0.3, -0.25) is 0 Å². The molecule has 0 amide bonds. The average molecular weight is 406 g/mol. The van der Waals surface area contributed by atoms with Gasteiger partial charge in [0, 0.05) is 29.3 Å². The molecule has 0 aliphatic carbocycles. The number of benzene rings is 2. The van der Waals surface area contributed by atoms with E-state index >= 15 is 0 Å². The largest absolute Gasteiger partial charge is 0.454 e. The van der Waals surface area contributed by atoms with E-state index in [0.29, 0.717) is 39.7 Å². The number of nitrogen functional groups attached to an aromatic ring is 2. The maximum absolute atomic E-state index is 6.15. The molecule has 0 radical (unpaired) electrons. The van der Waals surface area contributed by atoms with Gasteiger partial charge in [-0.25, -0.2) is 15.0 Å². The maximum Gasteiger partial charge on any atom is 0.231 e. The molecule has 29 heavy (non-hydrogen) atoms. The molecule has 0 aromatic heterocycles. The molecular weight excluding hydrogens is 388 g/mol. The van der Waals surface area contributed by atoms with Crippen LogP contribution in [0.5, 0.6) is 11.5 Å². The third-order valence-electron chi connectivity index (χ3n) is 4.66. The highest BCUT2D eigenvalue weighted by Crippen LogP contribution is 2.42. The summed E-state index contributed by atoms with van der Waals surface area (Å²) in [5, 5.41) is 0.554. The van der Waals surface area contributed by atoms with E-state index in [0.717, 1.165) is 17.9 Å². The third kappa shape index (κ3) is 3.40. The molecule has 0 saturated carbocycles. The first-order chi connectivity index (χ1) is 14.2. The Morgan fingerprint density at radius 2 is 1.83 bits per heavy atom. The molecule has 2 aromatic carbocycles. The number of aryl methyl sites for hydroxylation is 2. The monoisotopic (exact) mass is 406 g/mol. The number of hydrogen-bond donors (Lipinski definition) is 2. The topological polar surface area (TPSA) is 114 Å². The number of rotatable bonds is 5. The fraction of sp³-hybridized carbons (Fsp3) is 0.150. The van der Waals surface area contributed by atoms with E-state index in [9.17, 15) is 0 Å². The highest BCUT2D eigenvalue weighted by Gasteiger charge is 2.22. The Kier molecular flexibility index (Phi) is 4.36. The van der Waals surface area contributed by atoms with Crippen LogP contribution in [0, 0.1) is 0 Å². The second-order valence-corrected chi connectivity index (χ2v) is 7.59. The molecule has 3 heterocycles. The zero-order valence-electron chi connectivity index (χ0n) is 15.4. The second kappa shape index (κ2) is 7.17. The zero-order chi connectivity index (χ0) is 19.8. The number of ether oxygens (including phenoxy) is 2. The summed E-state index contributed by atoms with van der Waals surface area (Å²) in [7, 11) is 0. The maximum atomic E-state index is 6.15. The number of imidazole rings is 1. The number of nitrogens with two attached hydrogens (primary N) is 2. The first-order valence-electron chi connectivity index (χ1n) is 9.06. The normalized spacial score (nSPS) is 12.6. The van der Waals surface area contributed by atoms with Gasteiger partial charge in [0.25, 0.3) is 0 Å². The molecule has 0 atom stereocenters. The Balaban J connectivity index is 1.44. The van der Waals surface area contributed by atoms with Crippen molar-refractivity contribution in [3.63, 3.8) is 0 Å². The number of anilines is 2. The molecule has 3 aliphatic rings.